The van der Waals surface area contributed by atoms with Gasteiger partial charge >= 0.3 is 0 Å². The summed E-state index contributed by atoms with van der Waals surface area (Å²) < 4.78 is 2.07. The van der Waals surface area contributed by atoms with Gasteiger partial charge in [-0.15, -0.1) is 0 Å². The van der Waals surface area contributed by atoms with Crippen LogP contribution in [-0.2, 0) is 0 Å². The summed E-state index contributed by atoms with van der Waals surface area (Å²) in [5, 5.41) is 5.51. The first-order valence-corrected chi connectivity index (χ1v) is 9.65. The van der Waals surface area contributed by atoms with E-state index in [4.69, 9.17) is 5.73 Å². The summed E-state index contributed by atoms with van der Waals surface area (Å²) in [5.74, 6) is 0.249. The molecule has 2 aliphatic rings. The minimum Gasteiger partial charge on any atom is -0.364 e. The van der Waals surface area contributed by atoms with Crippen molar-refractivity contribution in [1.29, 1.82) is 0 Å². The smallest absolute Gasteiger partial charge is 0.269 e. The number of para-hydroxylation sites is 1. The Morgan fingerprint density at radius 2 is 1.85 bits per heavy atom. The van der Waals surface area contributed by atoms with Gasteiger partial charge in [0.2, 0.25) is 0 Å². The quantitative estimate of drug-likeness (QED) is 0.912. The molecule has 2 bridgehead atoms. The van der Waals surface area contributed by atoms with Crippen LogP contribution < -0.4 is 5.73 Å². The Bertz CT molecular complexity index is 798. The minimum atomic E-state index is -0.448. The average Bonchev–Trinajstić information content (AvgIpc) is 2.95. The van der Waals surface area contributed by atoms with E-state index in [2.05, 4.69) is 40.5 Å². The number of nitrogens with two attached hydrogens (primary N) is 1. The maximum absolute atomic E-state index is 11.8. The molecule has 26 heavy (non-hydrogen) atoms. The van der Waals surface area contributed by atoms with Gasteiger partial charge in [0.25, 0.3) is 5.91 Å². The Morgan fingerprint density at radius 1 is 1.19 bits per heavy atom. The van der Waals surface area contributed by atoms with Crippen molar-refractivity contribution in [3.05, 3.63) is 30.0 Å². The van der Waals surface area contributed by atoms with Crippen LogP contribution in [0.2, 0.25) is 0 Å². The number of hydrogen-bond donors (Lipinski definition) is 1. The van der Waals surface area contributed by atoms with Gasteiger partial charge in [0, 0.05) is 37.1 Å². The van der Waals surface area contributed by atoms with Crippen molar-refractivity contribution in [2.45, 2.75) is 44.8 Å². The molecule has 2 N–H and O–H groups in total. The van der Waals surface area contributed by atoms with E-state index in [9.17, 15) is 4.79 Å². The lowest BCUT2D eigenvalue weighted by atomic mass is 9.87. The summed E-state index contributed by atoms with van der Waals surface area (Å²) in [6, 6.07) is 9.32. The van der Waals surface area contributed by atoms with Crippen molar-refractivity contribution in [2.75, 3.05) is 26.7 Å². The van der Waals surface area contributed by atoms with Gasteiger partial charge in [-0.25, -0.2) is 0 Å². The van der Waals surface area contributed by atoms with Gasteiger partial charge in [-0.3, -0.25) is 19.3 Å². The van der Waals surface area contributed by atoms with Crippen molar-refractivity contribution in [3.63, 3.8) is 0 Å². The van der Waals surface area contributed by atoms with Crippen LogP contribution in [0, 0.1) is 5.92 Å². The van der Waals surface area contributed by atoms with Gasteiger partial charge in [-0.2, -0.15) is 5.10 Å². The van der Waals surface area contributed by atoms with Crippen LogP contribution in [0.25, 0.3) is 10.9 Å². The number of likely N-dealkylation sites (tertiary alicyclic amines) is 1. The van der Waals surface area contributed by atoms with Crippen molar-refractivity contribution in [1.82, 2.24) is 19.6 Å². The molecule has 0 saturated carbocycles. The van der Waals surface area contributed by atoms with Crippen LogP contribution in [0.4, 0.5) is 0 Å². The first-order valence-electron chi connectivity index (χ1n) is 9.65. The highest BCUT2D eigenvalue weighted by atomic mass is 16.1. The van der Waals surface area contributed by atoms with Crippen molar-refractivity contribution < 1.29 is 4.79 Å². The number of rotatable bonds is 4. The molecule has 4 rings (SSSR count). The van der Waals surface area contributed by atoms with Gasteiger partial charge in [0.1, 0.15) is 0 Å². The molecular weight excluding hydrogens is 326 g/mol. The molecule has 3 heterocycles. The number of piperidine rings is 1. The zero-order chi connectivity index (χ0) is 18.4. The van der Waals surface area contributed by atoms with E-state index >= 15 is 0 Å². The number of hydrogen-bond acceptors (Lipinski definition) is 4. The molecule has 140 valence electrons. The highest BCUT2D eigenvalue weighted by molar-refractivity contribution is 6.04. The summed E-state index contributed by atoms with van der Waals surface area (Å²) in [4.78, 5) is 17.0. The van der Waals surface area contributed by atoms with E-state index < -0.39 is 5.91 Å². The second kappa shape index (κ2) is 6.67. The third-order valence-electron chi connectivity index (χ3n) is 5.99. The molecule has 6 heteroatoms. The molecule has 0 radical (unpaired) electrons. The van der Waals surface area contributed by atoms with Gasteiger partial charge in [0.05, 0.1) is 11.6 Å². The number of piperazine rings is 1. The molecule has 1 aromatic heterocycles. The Kier molecular flexibility index (Phi) is 4.49. The lowest BCUT2D eigenvalue weighted by Crippen LogP contribution is -2.61. The van der Waals surface area contributed by atoms with Crippen LogP contribution in [0.15, 0.2) is 24.3 Å². The van der Waals surface area contributed by atoms with Crippen molar-refractivity contribution in [3.8, 4) is 0 Å². The third kappa shape index (κ3) is 3.01. The molecule has 2 saturated heterocycles. The van der Waals surface area contributed by atoms with E-state index in [0.29, 0.717) is 29.7 Å². The number of amides is 1. The molecule has 2 aliphatic heterocycles. The van der Waals surface area contributed by atoms with Crippen LogP contribution in [0.5, 0.6) is 0 Å². The molecule has 0 spiro atoms. The number of aromatic nitrogens is 2. The molecule has 6 nitrogen and oxygen atoms in total. The predicted octanol–water partition coefficient (Wildman–Crippen LogP) is 2.11. The molecule has 1 amide bonds. The number of carbonyl (C=O) groups is 1. The van der Waals surface area contributed by atoms with E-state index in [1.807, 2.05) is 24.3 Å². The fourth-order valence-corrected chi connectivity index (χ4v) is 4.85. The van der Waals surface area contributed by atoms with Crippen LogP contribution in [-0.4, -0.2) is 64.3 Å². The molecule has 0 aliphatic carbocycles. The van der Waals surface area contributed by atoms with Crippen LogP contribution >= 0.6 is 0 Å². The van der Waals surface area contributed by atoms with Crippen molar-refractivity contribution >= 4 is 16.8 Å². The number of benzene rings is 1. The Morgan fingerprint density at radius 3 is 2.46 bits per heavy atom. The SMILES string of the molecule is CC(C)CN1CC2CC(n3nc(C(N)=O)c4ccccc43)CC(C1)N2C. The molecule has 1 aromatic carbocycles. The lowest BCUT2D eigenvalue weighted by molar-refractivity contribution is -0.0137. The number of carbonyl (C=O) groups excluding carboxylic acids is 1. The van der Waals surface area contributed by atoms with Gasteiger partial charge in [-0.1, -0.05) is 32.0 Å². The van der Waals surface area contributed by atoms with Gasteiger partial charge < -0.3 is 5.73 Å². The summed E-state index contributed by atoms with van der Waals surface area (Å²) in [5.41, 5.74) is 6.99. The standard InChI is InChI=1S/C20H29N5O/c1-13(2)10-24-11-15-8-14(9-16(12-24)23(15)3)25-18-7-5-4-6-17(18)19(22-25)20(21)26/h4-7,13-16H,8-12H2,1-3H3,(H2,21,26). The maximum Gasteiger partial charge on any atom is 0.269 e. The topological polar surface area (TPSA) is 67.4 Å². The van der Waals surface area contributed by atoms with E-state index in [-0.39, 0.29) is 0 Å². The normalized spacial score (nSPS) is 27.3. The second-order valence-corrected chi connectivity index (χ2v) is 8.39. The highest BCUT2D eigenvalue weighted by Gasteiger charge is 2.40. The van der Waals surface area contributed by atoms with E-state index in [0.717, 1.165) is 36.8 Å². The van der Waals surface area contributed by atoms with Crippen LogP contribution in [0.1, 0.15) is 43.2 Å². The Hall–Kier alpha value is -1.92. The Balaban J connectivity index is 1.63. The number of nitrogens with zero attached hydrogens (tertiary/aromatic N) is 4. The van der Waals surface area contributed by atoms with Gasteiger partial charge in [-0.05, 0) is 31.9 Å². The molecule has 2 unspecified atom stereocenters. The highest BCUT2D eigenvalue weighted by Crippen LogP contribution is 2.36. The first-order chi connectivity index (χ1) is 12.4. The summed E-state index contributed by atoms with van der Waals surface area (Å²) >= 11 is 0. The zero-order valence-electron chi connectivity index (χ0n) is 15.9. The van der Waals surface area contributed by atoms with E-state index in [1.54, 1.807) is 0 Å². The fraction of sp³-hybridized carbons (Fsp3) is 0.600. The summed E-state index contributed by atoms with van der Waals surface area (Å²) in [6.45, 7) is 7.98. The van der Waals surface area contributed by atoms with Gasteiger partial charge in [0.15, 0.2) is 5.69 Å². The predicted molar refractivity (Wildman–Crippen MR) is 103 cm³/mol. The Labute approximate surface area is 154 Å². The van der Waals surface area contributed by atoms with Crippen LogP contribution in [0.3, 0.4) is 0 Å². The fourth-order valence-electron chi connectivity index (χ4n) is 4.85. The van der Waals surface area contributed by atoms with E-state index in [1.165, 1.54) is 6.54 Å². The zero-order valence-corrected chi connectivity index (χ0v) is 15.9. The average molecular weight is 355 g/mol. The van der Waals surface area contributed by atoms with Crippen molar-refractivity contribution in [2.24, 2.45) is 11.7 Å². The first kappa shape index (κ1) is 17.5. The summed E-state index contributed by atoms with van der Waals surface area (Å²) in [7, 11) is 2.26. The summed E-state index contributed by atoms with van der Waals surface area (Å²) in [6.07, 6.45) is 2.12. The minimum absolute atomic E-state index is 0.320. The third-order valence-corrected chi connectivity index (χ3v) is 5.99. The molecule has 2 atom stereocenters. The molecule has 2 aromatic rings. The largest absolute Gasteiger partial charge is 0.364 e. The second-order valence-electron chi connectivity index (χ2n) is 8.39. The molecule has 2 fully saturated rings. The maximum atomic E-state index is 11.8. The monoisotopic (exact) mass is 355 g/mol. The number of likely N-dealkylation sites (N-methyl/N-ethyl adjacent to an activating group) is 1. The number of fused-ring (bicyclic) bond motifs is 3. The lowest BCUT2D eigenvalue weighted by Gasteiger charge is -2.51. The molecular formula is C20H29N5O. The number of primary amides is 1.